The molecule has 0 bridgehead atoms. The van der Waals surface area contributed by atoms with E-state index in [1.165, 1.54) is 51.4 Å². The van der Waals surface area contributed by atoms with Gasteiger partial charge in [-0.3, -0.25) is 0 Å². The molecule has 0 spiro atoms. The smallest absolute Gasteiger partial charge is 0.0699 e. The van der Waals surface area contributed by atoms with E-state index in [0.717, 1.165) is 19.7 Å². The third-order valence-corrected chi connectivity index (χ3v) is 3.08. The van der Waals surface area contributed by atoms with Crippen LogP contribution in [0.4, 0.5) is 0 Å². The summed E-state index contributed by atoms with van der Waals surface area (Å²) in [5.41, 5.74) is 0. The Morgan fingerprint density at radius 2 is 1.59 bits per heavy atom. The van der Waals surface area contributed by atoms with Gasteiger partial charge in [-0.2, -0.15) is 0 Å². The Morgan fingerprint density at radius 1 is 0.882 bits per heavy atom. The fourth-order valence-corrected chi connectivity index (χ4v) is 2.00. The Labute approximate surface area is 109 Å². The topological polar surface area (TPSA) is 21.3 Å². The standard InChI is InChI=1S/C15H33NO/c1-4-7-8-9-10-11-13-17-15(12-5-2)14-16-6-3/h15-16H,4-14H2,1-3H3. The molecule has 0 heterocycles. The number of likely N-dealkylation sites (N-methyl/N-ethyl adjacent to an activating group) is 1. The van der Waals surface area contributed by atoms with E-state index in [9.17, 15) is 0 Å². The second-order valence-electron chi connectivity index (χ2n) is 4.86. The summed E-state index contributed by atoms with van der Waals surface area (Å²) in [6, 6.07) is 0. The molecule has 0 aromatic carbocycles. The highest BCUT2D eigenvalue weighted by molar-refractivity contribution is 4.60. The highest BCUT2D eigenvalue weighted by atomic mass is 16.5. The van der Waals surface area contributed by atoms with Crippen molar-refractivity contribution in [3.63, 3.8) is 0 Å². The van der Waals surface area contributed by atoms with Crippen LogP contribution in [0.15, 0.2) is 0 Å². The van der Waals surface area contributed by atoms with Gasteiger partial charge in [0.2, 0.25) is 0 Å². The molecule has 0 radical (unpaired) electrons. The average molecular weight is 243 g/mol. The van der Waals surface area contributed by atoms with Gasteiger partial charge in [0.1, 0.15) is 0 Å². The van der Waals surface area contributed by atoms with Crippen LogP contribution in [0.3, 0.4) is 0 Å². The van der Waals surface area contributed by atoms with Crippen LogP contribution < -0.4 is 5.32 Å². The first-order valence-corrected chi connectivity index (χ1v) is 7.67. The number of nitrogens with one attached hydrogen (secondary N) is 1. The number of hydrogen-bond acceptors (Lipinski definition) is 2. The molecule has 0 saturated carbocycles. The van der Waals surface area contributed by atoms with Crippen molar-refractivity contribution in [3.05, 3.63) is 0 Å². The lowest BCUT2D eigenvalue weighted by molar-refractivity contribution is 0.0448. The molecule has 1 N–H and O–H groups in total. The molecule has 17 heavy (non-hydrogen) atoms. The Hall–Kier alpha value is -0.0800. The number of ether oxygens (including phenoxy) is 1. The highest BCUT2D eigenvalue weighted by Crippen LogP contribution is 2.07. The summed E-state index contributed by atoms with van der Waals surface area (Å²) in [5.74, 6) is 0. The number of rotatable bonds is 13. The zero-order chi connectivity index (χ0) is 12.8. The summed E-state index contributed by atoms with van der Waals surface area (Å²) in [5, 5.41) is 3.38. The summed E-state index contributed by atoms with van der Waals surface area (Å²) in [4.78, 5) is 0. The Kier molecular flexibility index (Phi) is 13.9. The third-order valence-electron chi connectivity index (χ3n) is 3.08. The SMILES string of the molecule is CCCCCCCCOC(CCC)CNCC. The molecule has 0 rings (SSSR count). The minimum absolute atomic E-state index is 0.426. The van der Waals surface area contributed by atoms with Crippen LogP contribution in [0.25, 0.3) is 0 Å². The van der Waals surface area contributed by atoms with Crippen LogP contribution >= 0.6 is 0 Å². The molecule has 0 aromatic rings. The molecule has 104 valence electrons. The number of unbranched alkanes of at least 4 members (excludes halogenated alkanes) is 5. The van der Waals surface area contributed by atoms with E-state index in [2.05, 4.69) is 26.1 Å². The van der Waals surface area contributed by atoms with Crippen molar-refractivity contribution in [2.75, 3.05) is 19.7 Å². The molecule has 1 atom stereocenters. The van der Waals surface area contributed by atoms with Crippen LogP contribution in [-0.2, 0) is 4.74 Å². The molecule has 0 aliphatic heterocycles. The van der Waals surface area contributed by atoms with E-state index in [4.69, 9.17) is 4.74 Å². The molecule has 0 amide bonds. The van der Waals surface area contributed by atoms with Gasteiger partial charge in [-0.1, -0.05) is 59.3 Å². The summed E-state index contributed by atoms with van der Waals surface area (Å²) in [7, 11) is 0. The molecule has 0 saturated heterocycles. The summed E-state index contributed by atoms with van der Waals surface area (Å²) in [6.45, 7) is 9.64. The first kappa shape index (κ1) is 16.9. The summed E-state index contributed by atoms with van der Waals surface area (Å²) in [6.07, 6.45) is 10.9. The van der Waals surface area contributed by atoms with Gasteiger partial charge in [0.15, 0.2) is 0 Å². The van der Waals surface area contributed by atoms with Gasteiger partial charge in [0.25, 0.3) is 0 Å². The zero-order valence-electron chi connectivity index (χ0n) is 12.3. The first-order chi connectivity index (χ1) is 8.35. The van der Waals surface area contributed by atoms with E-state index < -0.39 is 0 Å². The van der Waals surface area contributed by atoms with E-state index in [0.29, 0.717) is 6.10 Å². The molecule has 1 unspecified atom stereocenters. The minimum Gasteiger partial charge on any atom is -0.377 e. The quantitative estimate of drug-likeness (QED) is 0.491. The molecule has 0 aromatic heterocycles. The maximum absolute atomic E-state index is 5.93. The predicted octanol–water partition coefficient (Wildman–Crippen LogP) is 4.14. The summed E-state index contributed by atoms with van der Waals surface area (Å²) < 4.78 is 5.93. The van der Waals surface area contributed by atoms with E-state index in [1.54, 1.807) is 0 Å². The zero-order valence-corrected chi connectivity index (χ0v) is 12.3. The molecule has 0 aliphatic carbocycles. The predicted molar refractivity (Wildman–Crippen MR) is 76.6 cm³/mol. The maximum atomic E-state index is 5.93. The van der Waals surface area contributed by atoms with Crippen molar-refractivity contribution in [3.8, 4) is 0 Å². The van der Waals surface area contributed by atoms with Crippen molar-refractivity contribution < 1.29 is 4.74 Å². The first-order valence-electron chi connectivity index (χ1n) is 7.67. The van der Waals surface area contributed by atoms with Gasteiger partial charge in [-0.05, 0) is 19.4 Å². The van der Waals surface area contributed by atoms with E-state index in [-0.39, 0.29) is 0 Å². The van der Waals surface area contributed by atoms with Gasteiger partial charge < -0.3 is 10.1 Å². The van der Waals surface area contributed by atoms with Crippen molar-refractivity contribution in [1.82, 2.24) is 5.32 Å². The maximum Gasteiger partial charge on any atom is 0.0699 e. The van der Waals surface area contributed by atoms with Crippen LogP contribution in [0.5, 0.6) is 0 Å². The second-order valence-corrected chi connectivity index (χ2v) is 4.86. The minimum atomic E-state index is 0.426. The normalized spacial score (nSPS) is 12.9. The lowest BCUT2D eigenvalue weighted by Gasteiger charge is -2.17. The largest absolute Gasteiger partial charge is 0.377 e. The molecular weight excluding hydrogens is 210 g/mol. The van der Waals surface area contributed by atoms with Crippen molar-refractivity contribution in [1.29, 1.82) is 0 Å². The third kappa shape index (κ3) is 12.2. The Morgan fingerprint density at radius 3 is 2.24 bits per heavy atom. The summed E-state index contributed by atoms with van der Waals surface area (Å²) >= 11 is 0. The van der Waals surface area contributed by atoms with Crippen LogP contribution in [0.2, 0.25) is 0 Å². The van der Waals surface area contributed by atoms with Crippen LogP contribution in [-0.4, -0.2) is 25.8 Å². The molecular formula is C15H33NO. The molecule has 2 nitrogen and oxygen atoms in total. The van der Waals surface area contributed by atoms with Gasteiger partial charge in [0.05, 0.1) is 6.10 Å². The van der Waals surface area contributed by atoms with Gasteiger partial charge in [-0.25, -0.2) is 0 Å². The molecule has 0 fully saturated rings. The van der Waals surface area contributed by atoms with Gasteiger partial charge >= 0.3 is 0 Å². The van der Waals surface area contributed by atoms with Gasteiger partial charge in [-0.15, -0.1) is 0 Å². The van der Waals surface area contributed by atoms with Gasteiger partial charge in [0, 0.05) is 13.2 Å². The Bertz CT molecular complexity index is 139. The van der Waals surface area contributed by atoms with Crippen molar-refractivity contribution in [2.45, 2.75) is 78.2 Å². The van der Waals surface area contributed by atoms with Crippen LogP contribution in [0.1, 0.15) is 72.1 Å². The Balaban J connectivity index is 3.34. The molecule has 2 heteroatoms. The van der Waals surface area contributed by atoms with Crippen LogP contribution in [0, 0.1) is 0 Å². The lowest BCUT2D eigenvalue weighted by atomic mass is 10.1. The van der Waals surface area contributed by atoms with E-state index >= 15 is 0 Å². The van der Waals surface area contributed by atoms with Crippen molar-refractivity contribution in [2.24, 2.45) is 0 Å². The van der Waals surface area contributed by atoms with Crippen molar-refractivity contribution >= 4 is 0 Å². The lowest BCUT2D eigenvalue weighted by Crippen LogP contribution is -2.29. The fraction of sp³-hybridized carbons (Fsp3) is 1.00. The molecule has 0 aliphatic rings. The number of hydrogen-bond donors (Lipinski definition) is 1. The average Bonchev–Trinajstić information content (AvgIpc) is 2.34. The fourth-order valence-electron chi connectivity index (χ4n) is 2.00. The second kappa shape index (κ2) is 14.0. The highest BCUT2D eigenvalue weighted by Gasteiger charge is 2.06. The van der Waals surface area contributed by atoms with E-state index in [1.807, 2.05) is 0 Å². The monoisotopic (exact) mass is 243 g/mol.